The zero-order chi connectivity index (χ0) is 13.6. The number of nitrogens with one attached hydrogen (secondary N) is 1. The SMILES string of the molecule is CC1CCC(NC2C3CCCOC3C2(C)C)C(C)C1. The van der Waals surface area contributed by atoms with Crippen LogP contribution < -0.4 is 5.32 Å². The summed E-state index contributed by atoms with van der Waals surface area (Å²) in [5, 5.41) is 4.04. The minimum atomic E-state index is 0.327. The highest BCUT2D eigenvalue weighted by Crippen LogP contribution is 2.51. The highest BCUT2D eigenvalue weighted by atomic mass is 16.5. The lowest BCUT2D eigenvalue weighted by atomic mass is 9.55. The molecule has 0 aromatic carbocycles. The van der Waals surface area contributed by atoms with Crippen molar-refractivity contribution in [1.82, 2.24) is 5.32 Å². The van der Waals surface area contributed by atoms with Crippen LogP contribution in [0.3, 0.4) is 0 Å². The van der Waals surface area contributed by atoms with E-state index in [1.165, 1.54) is 32.1 Å². The quantitative estimate of drug-likeness (QED) is 0.823. The summed E-state index contributed by atoms with van der Waals surface area (Å²) in [6, 6.07) is 1.42. The van der Waals surface area contributed by atoms with Crippen LogP contribution in [0.2, 0.25) is 0 Å². The largest absolute Gasteiger partial charge is 0.377 e. The van der Waals surface area contributed by atoms with Crippen LogP contribution in [-0.4, -0.2) is 24.8 Å². The molecule has 110 valence electrons. The molecule has 2 heteroatoms. The van der Waals surface area contributed by atoms with Crippen molar-refractivity contribution in [3.05, 3.63) is 0 Å². The predicted octanol–water partition coefficient (Wildman–Crippen LogP) is 3.60. The summed E-state index contributed by atoms with van der Waals surface area (Å²) in [5.41, 5.74) is 0.327. The Bertz CT molecular complexity index is 327. The van der Waals surface area contributed by atoms with Crippen molar-refractivity contribution in [3.63, 3.8) is 0 Å². The number of hydrogen-bond acceptors (Lipinski definition) is 2. The summed E-state index contributed by atoms with van der Waals surface area (Å²) in [6.45, 7) is 10.6. The van der Waals surface area contributed by atoms with Gasteiger partial charge in [0.15, 0.2) is 0 Å². The maximum atomic E-state index is 6.02. The molecule has 0 aromatic heterocycles. The second kappa shape index (κ2) is 5.04. The molecule has 0 radical (unpaired) electrons. The fraction of sp³-hybridized carbons (Fsp3) is 1.00. The van der Waals surface area contributed by atoms with Crippen molar-refractivity contribution in [2.24, 2.45) is 23.2 Å². The first-order valence-electron chi connectivity index (χ1n) is 8.38. The Kier molecular flexibility index (Phi) is 3.68. The molecule has 2 nitrogen and oxygen atoms in total. The van der Waals surface area contributed by atoms with E-state index in [1.807, 2.05) is 0 Å². The van der Waals surface area contributed by atoms with Crippen LogP contribution in [0.1, 0.15) is 59.8 Å². The smallest absolute Gasteiger partial charge is 0.0684 e. The van der Waals surface area contributed by atoms with Gasteiger partial charge in [-0.3, -0.25) is 0 Å². The van der Waals surface area contributed by atoms with Crippen molar-refractivity contribution in [3.8, 4) is 0 Å². The standard InChI is InChI=1S/C17H31NO/c1-11-7-8-14(12(2)10-11)18-15-13-6-5-9-19-16(13)17(15,3)4/h11-16,18H,5-10H2,1-4H3. The zero-order valence-corrected chi connectivity index (χ0v) is 13.1. The second-order valence-corrected chi connectivity index (χ2v) is 8.07. The van der Waals surface area contributed by atoms with Crippen LogP contribution in [0.4, 0.5) is 0 Å². The van der Waals surface area contributed by atoms with Gasteiger partial charge in [-0.05, 0) is 43.9 Å². The lowest BCUT2D eigenvalue weighted by Gasteiger charge is -2.61. The van der Waals surface area contributed by atoms with E-state index >= 15 is 0 Å². The van der Waals surface area contributed by atoms with Gasteiger partial charge in [0.05, 0.1) is 6.10 Å². The monoisotopic (exact) mass is 265 g/mol. The molecule has 2 saturated carbocycles. The van der Waals surface area contributed by atoms with Gasteiger partial charge in [-0.25, -0.2) is 0 Å². The second-order valence-electron chi connectivity index (χ2n) is 8.07. The Labute approximate surface area is 118 Å². The molecule has 1 heterocycles. The van der Waals surface area contributed by atoms with Gasteiger partial charge in [0.25, 0.3) is 0 Å². The van der Waals surface area contributed by atoms with Crippen LogP contribution in [0, 0.1) is 23.2 Å². The van der Waals surface area contributed by atoms with E-state index in [0.29, 0.717) is 17.6 Å². The molecule has 19 heavy (non-hydrogen) atoms. The maximum Gasteiger partial charge on any atom is 0.0684 e. The van der Waals surface area contributed by atoms with Gasteiger partial charge < -0.3 is 10.1 Å². The number of rotatable bonds is 2. The molecular formula is C17H31NO. The van der Waals surface area contributed by atoms with Crippen LogP contribution in [0.5, 0.6) is 0 Å². The van der Waals surface area contributed by atoms with Crippen LogP contribution in [-0.2, 0) is 4.74 Å². The summed E-state index contributed by atoms with van der Waals surface area (Å²) in [4.78, 5) is 0. The minimum absolute atomic E-state index is 0.327. The molecule has 0 bridgehead atoms. The van der Waals surface area contributed by atoms with E-state index in [1.54, 1.807) is 0 Å². The van der Waals surface area contributed by atoms with E-state index in [-0.39, 0.29) is 0 Å². The minimum Gasteiger partial charge on any atom is -0.377 e. The Morgan fingerprint density at radius 1 is 1.11 bits per heavy atom. The first-order valence-corrected chi connectivity index (χ1v) is 8.38. The van der Waals surface area contributed by atoms with Gasteiger partial charge in [0.2, 0.25) is 0 Å². The van der Waals surface area contributed by atoms with Crippen LogP contribution in [0.25, 0.3) is 0 Å². The topological polar surface area (TPSA) is 21.3 Å². The number of fused-ring (bicyclic) bond motifs is 1. The fourth-order valence-corrected chi connectivity index (χ4v) is 5.00. The van der Waals surface area contributed by atoms with Crippen LogP contribution in [0.15, 0.2) is 0 Å². The third-order valence-electron chi connectivity index (χ3n) is 6.16. The molecule has 2 aliphatic carbocycles. The van der Waals surface area contributed by atoms with Crippen molar-refractivity contribution in [2.75, 3.05) is 6.61 Å². The van der Waals surface area contributed by atoms with E-state index in [4.69, 9.17) is 4.74 Å². The summed E-state index contributed by atoms with van der Waals surface area (Å²) >= 11 is 0. The molecule has 6 unspecified atom stereocenters. The summed E-state index contributed by atoms with van der Waals surface area (Å²) < 4.78 is 6.02. The molecule has 0 amide bonds. The van der Waals surface area contributed by atoms with E-state index in [9.17, 15) is 0 Å². The fourth-order valence-electron chi connectivity index (χ4n) is 5.00. The summed E-state index contributed by atoms with van der Waals surface area (Å²) in [7, 11) is 0. The molecule has 1 saturated heterocycles. The molecule has 3 aliphatic rings. The third kappa shape index (κ3) is 2.35. The van der Waals surface area contributed by atoms with E-state index in [0.717, 1.165) is 30.4 Å². The third-order valence-corrected chi connectivity index (χ3v) is 6.16. The summed E-state index contributed by atoms with van der Waals surface area (Å²) in [6.07, 6.45) is 7.30. The van der Waals surface area contributed by atoms with Crippen molar-refractivity contribution in [1.29, 1.82) is 0 Å². The molecule has 3 rings (SSSR count). The molecule has 0 aromatic rings. The molecular weight excluding hydrogens is 234 g/mol. The molecule has 1 N–H and O–H groups in total. The lowest BCUT2D eigenvalue weighted by Crippen LogP contribution is -2.71. The normalized spacial score (nSPS) is 49.3. The van der Waals surface area contributed by atoms with Crippen molar-refractivity contribution >= 4 is 0 Å². The Hall–Kier alpha value is -0.0800. The number of ether oxygens (including phenoxy) is 1. The Balaban J connectivity index is 1.63. The average Bonchev–Trinajstić information content (AvgIpc) is 2.37. The van der Waals surface area contributed by atoms with Crippen molar-refractivity contribution < 1.29 is 4.74 Å². The first-order chi connectivity index (χ1) is 9.00. The van der Waals surface area contributed by atoms with Gasteiger partial charge in [0, 0.05) is 30.0 Å². The predicted molar refractivity (Wildman–Crippen MR) is 79.1 cm³/mol. The van der Waals surface area contributed by atoms with Gasteiger partial charge in [0.1, 0.15) is 0 Å². The molecule has 1 aliphatic heterocycles. The lowest BCUT2D eigenvalue weighted by molar-refractivity contribution is -0.196. The highest BCUT2D eigenvalue weighted by molar-refractivity contribution is 5.11. The molecule has 0 spiro atoms. The summed E-state index contributed by atoms with van der Waals surface area (Å²) in [5.74, 6) is 2.53. The highest BCUT2D eigenvalue weighted by Gasteiger charge is 2.58. The molecule has 6 atom stereocenters. The maximum absolute atomic E-state index is 6.02. The Morgan fingerprint density at radius 2 is 1.89 bits per heavy atom. The molecule has 3 fully saturated rings. The van der Waals surface area contributed by atoms with Gasteiger partial charge >= 0.3 is 0 Å². The zero-order valence-electron chi connectivity index (χ0n) is 13.1. The van der Waals surface area contributed by atoms with Crippen LogP contribution >= 0.6 is 0 Å². The average molecular weight is 265 g/mol. The Morgan fingerprint density at radius 3 is 2.63 bits per heavy atom. The number of hydrogen-bond donors (Lipinski definition) is 1. The van der Waals surface area contributed by atoms with Gasteiger partial charge in [-0.1, -0.05) is 27.7 Å². The van der Waals surface area contributed by atoms with Crippen molar-refractivity contribution in [2.45, 2.75) is 78.0 Å². The van der Waals surface area contributed by atoms with Gasteiger partial charge in [-0.2, -0.15) is 0 Å². The van der Waals surface area contributed by atoms with Gasteiger partial charge in [-0.15, -0.1) is 0 Å². The first kappa shape index (κ1) is 13.9. The van der Waals surface area contributed by atoms with E-state index in [2.05, 4.69) is 33.0 Å². The van der Waals surface area contributed by atoms with E-state index < -0.39 is 0 Å².